The molecule has 0 bridgehead atoms. The van der Waals surface area contributed by atoms with Crippen LogP contribution in [0.4, 0.5) is 0 Å². The van der Waals surface area contributed by atoms with Gasteiger partial charge in [0.25, 0.3) is 0 Å². The van der Waals surface area contributed by atoms with Crippen LogP contribution in [-0.2, 0) is 12.8 Å². The van der Waals surface area contributed by atoms with Gasteiger partial charge in [-0.3, -0.25) is 4.79 Å². The maximum atomic E-state index is 13.0. The van der Waals surface area contributed by atoms with E-state index in [1.165, 1.54) is 29.5 Å². The Morgan fingerprint density at radius 1 is 1.29 bits per heavy atom. The molecule has 2 unspecified atom stereocenters. The summed E-state index contributed by atoms with van der Waals surface area (Å²) in [5.74, 6) is -0.531. The van der Waals surface area contributed by atoms with Gasteiger partial charge < -0.3 is 25.0 Å². The molecule has 2 aliphatic carbocycles. The van der Waals surface area contributed by atoms with Gasteiger partial charge in [0.05, 0.1) is 18.0 Å². The lowest BCUT2D eigenvalue weighted by atomic mass is 9.93. The number of aryl methyl sites for hydroxylation is 1. The van der Waals surface area contributed by atoms with E-state index in [4.69, 9.17) is 4.74 Å². The standard InChI is InChI=1S/C27H31N3O4S/c1-34-26-19(7-8-20-24(26)30(18-5-6-18)14-21(25(20)31)27(32)33)23-12-15-11-16(4-9-22(15)35-23)29-13-17-3-2-10-28-17/h7-8,12,14,16-18,28-29H,2-6,9-11,13H2,1H3,(H,32,33). The number of methoxy groups -OCH3 is 1. The van der Waals surface area contributed by atoms with Gasteiger partial charge in [-0.2, -0.15) is 0 Å². The summed E-state index contributed by atoms with van der Waals surface area (Å²) in [7, 11) is 1.63. The molecule has 3 N–H and O–H groups in total. The number of hydrogen-bond donors (Lipinski definition) is 3. The molecule has 3 aliphatic rings. The minimum atomic E-state index is -1.19. The van der Waals surface area contributed by atoms with Crippen LogP contribution >= 0.6 is 11.3 Å². The van der Waals surface area contributed by atoms with E-state index in [2.05, 4.69) is 16.7 Å². The van der Waals surface area contributed by atoms with Crippen molar-refractivity contribution in [3.8, 4) is 16.2 Å². The van der Waals surface area contributed by atoms with E-state index in [1.807, 2.05) is 22.0 Å². The lowest BCUT2D eigenvalue weighted by Crippen LogP contribution is -2.41. The minimum Gasteiger partial charge on any atom is -0.494 e. The van der Waals surface area contributed by atoms with E-state index < -0.39 is 11.4 Å². The molecular formula is C27H31N3O4S. The van der Waals surface area contributed by atoms with Crippen LogP contribution in [-0.4, -0.2) is 47.9 Å². The van der Waals surface area contributed by atoms with Crippen molar-refractivity contribution in [2.75, 3.05) is 20.2 Å². The topological polar surface area (TPSA) is 92.6 Å². The van der Waals surface area contributed by atoms with E-state index >= 15 is 0 Å². The van der Waals surface area contributed by atoms with E-state index in [1.54, 1.807) is 13.2 Å². The van der Waals surface area contributed by atoms with Crippen LogP contribution in [0, 0.1) is 0 Å². The van der Waals surface area contributed by atoms with Crippen LogP contribution in [0.25, 0.3) is 21.3 Å². The van der Waals surface area contributed by atoms with Gasteiger partial charge in [-0.1, -0.05) is 0 Å². The molecule has 3 aromatic rings. The summed E-state index contributed by atoms with van der Waals surface area (Å²) in [5.41, 5.74) is 2.44. The maximum absolute atomic E-state index is 13.0. The summed E-state index contributed by atoms with van der Waals surface area (Å²) in [6, 6.07) is 7.29. The molecule has 0 spiro atoms. The van der Waals surface area contributed by atoms with Gasteiger partial charge in [-0.25, -0.2) is 4.79 Å². The SMILES string of the molecule is COc1c(-c2cc3c(s2)CCC(NCC2CCCN2)C3)ccc2c(=O)c(C(=O)O)cn(C3CC3)c12. The Kier molecular flexibility index (Phi) is 5.90. The number of aromatic carboxylic acids is 1. The lowest BCUT2D eigenvalue weighted by Gasteiger charge is -2.25. The van der Waals surface area contributed by atoms with E-state index in [0.717, 1.165) is 55.6 Å². The van der Waals surface area contributed by atoms with Crippen molar-refractivity contribution in [1.82, 2.24) is 15.2 Å². The van der Waals surface area contributed by atoms with Gasteiger partial charge in [0.2, 0.25) is 5.43 Å². The van der Waals surface area contributed by atoms with Crippen molar-refractivity contribution in [3.05, 3.63) is 50.6 Å². The highest BCUT2D eigenvalue weighted by Crippen LogP contribution is 2.45. The summed E-state index contributed by atoms with van der Waals surface area (Å²) in [6.07, 6.45) is 9.23. The number of fused-ring (bicyclic) bond motifs is 2. The molecule has 3 heterocycles. The number of rotatable bonds is 7. The first-order valence-corrected chi connectivity index (χ1v) is 13.4. The second kappa shape index (κ2) is 9.08. The van der Waals surface area contributed by atoms with Gasteiger partial charge in [0.1, 0.15) is 5.56 Å². The Labute approximate surface area is 208 Å². The van der Waals surface area contributed by atoms with Crippen LogP contribution in [0.3, 0.4) is 0 Å². The molecule has 1 saturated heterocycles. The number of hydrogen-bond acceptors (Lipinski definition) is 6. The number of ether oxygens (including phenoxy) is 1. The van der Waals surface area contributed by atoms with E-state index in [-0.39, 0.29) is 11.6 Å². The Hall–Kier alpha value is -2.68. The third kappa shape index (κ3) is 4.17. The number of thiophene rings is 1. The third-order valence-electron chi connectivity index (χ3n) is 7.69. The molecule has 35 heavy (non-hydrogen) atoms. The predicted octanol–water partition coefficient (Wildman–Crippen LogP) is 3.97. The van der Waals surface area contributed by atoms with Crippen LogP contribution in [0.15, 0.2) is 29.2 Å². The van der Waals surface area contributed by atoms with Crippen LogP contribution in [0.2, 0.25) is 0 Å². The lowest BCUT2D eigenvalue weighted by molar-refractivity contribution is 0.0695. The third-order valence-corrected chi connectivity index (χ3v) is 8.96. The number of pyridine rings is 1. The molecule has 7 nitrogen and oxygen atoms in total. The fourth-order valence-electron chi connectivity index (χ4n) is 5.68. The fraction of sp³-hybridized carbons (Fsp3) is 0.481. The van der Waals surface area contributed by atoms with Crippen molar-refractivity contribution in [2.24, 2.45) is 0 Å². The Bertz CT molecular complexity index is 1350. The number of nitrogens with one attached hydrogen (secondary N) is 2. The molecule has 2 aromatic heterocycles. The minimum absolute atomic E-state index is 0.183. The zero-order valence-corrected chi connectivity index (χ0v) is 20.7. The van der Waals surface area contributed by atoms with Gasteiger partial charge in [0.15, 0.2) is 5.75 Å². The summed E-state index contributed by atoms with van der Waals surface area (Å²) in [6.45, 7) is 2.17. The molecule has 1 saturated carbocycles. The first-order valence-electron chi connectivity index (χ1n) is 12.6. The zero-order valence-electron chi connectivity index (χ0n) is 19.9. The monoisotopic (exact) mass is 493 g/mol. The fourth-order valence-corrected chi connectivity index (χ4v) is 6.91. The number of aromatic nitrogens is 1. The molecule has 1 aromatic carbocycles. The van der Waals surface area contributed by atoms with E-state index in [9.17, 15) is 14.7 Å². The average molecular weight is 494 g/mol. The highest BCUT2D eigenvalue weighted by Gasteiger charge is 2.30. The number of benzene rings is 1. The number of carbonyl (C=O) groups is 1. The molecule has 1 aliphatic heterocycles. The smallest absolute Gasteiger partial charge is 0.341 e. The molecule has 2 fully saturated rings. The Morgan fingerprint density at radius 3 is 2.86 bits per heavy atom. The van der Waals surface area contributed by atoms with Crippen molar-refractivity contribution >= 4 is 28.2 Å². The summed E-state index contributed by atoms with van der Waals surface area (Å²) >= 11 is 1.81. The number of carboxylic acids is 1. The molecule has 184 valence electrons. The molecule has 0 radical (unpaired) electrons. The largest absolute Gasteiger partial charge is 0.494 e. The van der Waals surface area contributed by atoms with Crippen molar-refractivity contribution in [1.29, 1.82) is 0 Å². The molecule has 2 atom stereocenters. The molecule has 8 heteroatoms. The van der Waals surface area contributed by atoms with Crippen molar-refractivity contribution < 1.29 is 14.6 Å². The summed E-state index contributed by atoms with van der Waals surface area (Å²) < 4.78 is 7.87. The highest BCUT2D eigenvalue weighted by molar-refractivity contribution is 7.15. The average Bonchev–Trinajstić information content (AvgIpc) is 3.39. The van der Waals surface area contributed by atoms with Crippen molar-refractivity contribution in [3.63, 3.8) is 0 Å². The second-order valence-electron chi connectivity index (χ2n) is 10.1. The van der Waals surface area contributed by atoms with Gasteiger partial charge >= 0.3 is 5.97 Å². The van der Waals surface area contributed by atoms with Gasteiger partial charge in [-0.05, 0) is 75.3 Å². The Morgan fingerprint density at radius 2 is 2.14 bits per heavy atom. The summed E-state index contributed by atoms with van der Waals surface area (Å²) in [5, 5.41) is 17.3. The number of nitrogens with zero attached hydrogens (tertiary/aromatic N) is 1. The Balaban J connectivity index is 1.36. The summed E-state index contributed by atoms with van der Waals surface area (Å²) in [4.78, 5) is 27.3. The van der Waals surface area contributed by atoms with Crippen LogP contribution < -0.4 is 20.8 Å². The molecule has 0 amide bonds. The highest BCUT2D eigenvalue weighted by atomic mass is 32.1. The predicted molar refractivity (Wildman–Crippen MR) is 138 cm³/mol. The van der Waals surface area contributed by atoms with Gasteiger partial charge in [0, 0.05) is 46.2 Å². The first kappa shape index (κ1) is 22.8. The first-order chi connectivity index (χ1) is 17.0. The van der Waals surface area contributed by atoms with E-state index in [0.29, 0.717) is 28.7 Å². The zero-order chi connectivity index (χ0) is 24.1. The van der Waals surface area contributed by atoms with Crippen molar-refractivity contribution in [2.45, 2.75) is 63.1 Å². The van der Waals surface area contributed by atoms with Crippen LogP contribution in [0.5, 0.6) is 5.75 Å². The maximum Gasteiger partial charge on any atom is 0.341 e. The normalized spacial score (nSPS) is 21.9. The van der Waals surface area contributed by atoms with Crippen LogP contribution in [0.1, 0.15) is 58.9 Å². The molecular weight excluding hydrogens is 462 g/mol. The number of carboxylic acid groups (broad SMARTS) is 1. The van der Waals surface area contributed by atoms with Gasteiger partial charge in [-0.15, -0.1) is 11.3 Å². The molecule has 6 rings (SSSR count). The second-order valence-corrected chi connectivity index (χ2v) is 11.2. The quantitative estimate of drug-likeness (QED) is 0.461.